The van der Waals surface area contributed by atoms with Crippen molar-refractivity contribution in [2.75, 3.05) is 26.0 Å². The Morgan fingerprint density at radius 2 is 2.04 bits per heavy atom. The van der Waals surface area contributed by atoms with Crippen LogP contribution in [0.25, 0.3) is 6.08 Å². The number of aryl methyl sites for hydroxylation is 1. The highest BCUT2D eigenvalue weighted by Crippen LogP contribution is 2.10. The molecular formula is C17H23N5O. The second-order valence-corrected chi connectivity index (χ2v) is 5.52. The van der Waals surface area contributed by atoms with Crippen LogP contribution in [0.3, 0.4) is 0 Å². The molecule has 1 amide bonds. The number of aromatic nitrogens is 3. The van der Waals surface area contributed by atoms with Crippen LogP contribution in [0.2, 0.25) is 0 Å². The zero-order valence-corrected chi connectivity index (χ0v) is 14.1. The van der Waals surface area contributed by atoms with Crippen LogP contribution in [0.5, 0.6) is 0 Å². The average molecular weight is 313 g/mol. The summed E-state index contributed by atoms with van der Waals surface area (Å²) in [6.07, 6.45) is 6.90. The Balaban J connectivity index is 1.97. The van der Waals surface area contributed by atoms with E-state index in [9.17, 15) is 4.79 Å². The average Bonchev–Trinajstić information content (AvgIpc) is 3.00. The summed E-state index contributed by atoms with van der Waals surface area (Å²) in [5.74, 6) is 0.848. The van der Waals surface area contributed by atoms with Crippen molar-refractivity contribution < 1.29 is 4.79 Å². The lowest BCUT2D eigenvalue weighted by atomic mass is 10.2. The molecule has 0 radical (unpaired) electrons. The van der Waals surface area contributed by atoms with Gasteiger partial charge < -0.3 is 9.80 Å². The van der Waals surface area contributed by atoms with Crippen molar-refractivity contribution in [2.45, 2.75) is 20.0 Å². The monoisotopic (exact) mass is 313 g/mol. The largest absolute Gasteiger partial charge is 0.363 e. The van der Waals surface area contributed by atoms with Gasteiger partial charge in [0, 0.05) is 52.7 Å². The van der Waals surface area contributed by atoms with E-state index in [1.54, 1.807) is 36.5 Å². The van der Waals surface area contributed by atoms with Crippen molar-refractivity contribution >= 4 is 17.8 Å². The number of likely N-dealkylation sites (N-methyl/N-ethyl adjacent to an activating group) is 1. The fourth-order valence-electron chi connectivity index (χ4n) is 2.16. The van der Waals surface area contributed by atoms with Gasteiger partial charge in [-0.1, -0.05) is 6.07 Å². The molecule has 6 heteroatoms. The number of rotatable bonds is 6. The topological polar surface area (TPSA) is 54.3 Å². The number of pyridine rings is 1. The van der Waals surface area contributed by atoms with E-state index in [2.05, 4.69) is 10.1 Å². The van der Waals surface area contributed by atoms with Gasteiger partial charge >= 0.3 is 0 Å². The Bertz CT molecular complexity index is 673. The van der Waals surface area contributed by atoms with Gasteiger partial charge in [-0.25, -0.2) is 4.98 Å². The van der Waals surface area contributed by atoms with Crippen molar-refractivity contribution in [3.63, 3.8) is 0 Å². The highest BCUT2D eigenvalue weighted by molar-refractivity contribution is 5.91. The van der Waals surface area contributed by atoms with E-state index in [1.807, 2.05) is 48.8 Å². The number of nitrogens with zero attached hydrogens (tertiary/aromatic N) is 5. The summed E-state index contributed by atoms with van der Waals surface area (Å²) in [5.41, 5.74) is 1.92. The van der Waals surface area contributed by atoms with E-state index in [0.717, 1.165) is 23.6 Å². The summed E-state index contributed by atoms with van der Waals surface area (Å²) in [7, 11) is 5.68. The smallest absolute Gasteiger partial charge is 0.246 e. The minimum atomic E-state index is -0.0504. The third-order valence-electron chi connectivity index (χ3n) is 3.51. The first kappa shape index (κ1) is 16.7. The zero-order chi connectivity index (χ0) is 16.8. The fraction of sp³-hybridized carbons (Fsp3) is 0.353. The van der Waals surface area contributed by atoms with E-state index < -0.39 is 0 Å². The molecule has 2 heterocycles. The first-order valence-electron chi connectivity index (χ1n) is 7.58. The number of carbonyl (C=O) groups is 1. The van der Waals surface area contributed by atoms with Gasteiger partial charge in [-0.15, -0.1) is 0 Å². The van der Waals surface area contributed by atoms with Gasteiger partial charge in [-0.2, -0.15) is 5.10 Å². The molecule has 6 nitrogen and oxygen atoms in total. The van der Waals surface area contributed by atoms with Crippen LogP contribution in [0, 0.1) is 0 Å². The quantitative estimate of drug-likeness (QED) is 0.766. The van der Waals surface area contributed by atoms with Crippen molar-refractivity contribution in [3.8, 4) is 0 Å². The number of anilines is 1. The number of hydrogen-bond donors (Lipinski definition) is 0. The van der Waals surface area contributed by atoms with Gasteiger partial charge in [-0.3, -0.25) is 9.48 Å². The van der Waals surface area contributed by atoms with Gasteiger partial charge in [0.05, 0.1) is 5.69 Å². The Kier molecular flexibility index (Phi) is 5.51. The maximum Gasteiger partial charge on any atom is 0.246 e. The third kappa shape index (κ3) is 4.42. The van der Waals surface area contributed by atoms with Gasteiger partial charge in [0.1, 0.15) is 5.82 Å². The molecular weight excluding hydrogens is 290 g/mol. The lowest BCUT2D eigenvalue weighted by molar-refractivity contribution is -0.125. The van der Waals surface area contributed by atoms with E-state index >= 15 is 0 Å². The van der Waals surface area contributed by atoms with Crippen LogP contribution < -0.4 is 4.90 Å². The van der Waals surface area contributed by atoms with Crippen LogP contribution in [0.1, 0.15) is 18.2 Å². The van der Waals surface area contributed by atoms with Crippen molar-refractivity contribution in [3.05, 3.63) is 47.9 Å². The van der Waals surface area contributed by atoms with Crippen LogP contribution in [-0.2, 0) is 17.9 Å². The molecule has 0 atom stereocenters. The van der Waals surface area contributed by atoms with Gasteiger partial charge in [0.15, 0.2) is 0 Å². The van der Waals surface area contributed by atoms with Crippen LogP contribution >= 0.6 is 0 Å². The molecule has 0 saturated carbocycles. The summed E-state index contributed by atoms with van der Waals surface area (Å²) < 4.78 is 1.84. The van der Waals surface area contributed by atoms with Crippen molar-refractivity contribution in [1.29, 1.82) is 0 Å². The summed E-state index contributed by atoms with van der Waals surface area (Å²) in [4.78, 5) is 20.2. The fourth-order valence-corrected chi connectivity index (χ4v) is 2.16. The highest BCUT2D eigenvalue weighted by atomic mass is 16.2. The molecule has 0 N–H and O–H groups in total. The predicted molar refractivity (Wildman–Crippen MR) is 92.0 cm³/mol. The molecule has 0 aliphatic rings. The van der Waals surface area contributed by atoms with E-state index in [0.29, 0.717) is 6.54 Å². The van der Waals surface area contributed by atoms with Crippen molar-refractivity contribution in [1.82, 2.24) is 19.7 Å². The van der Waals surface area contributed by atoms with Crippen molar-refractivity contribution in [2.24, 2.45) is 0 Å². The first-order valence-corrected chi connectivity index (χ1v) is 7.58. The highest BCUT2D eigenvalue weighted by Gasteiger charge is 2.07. The molecule has 23 heavy (non-hydrogen) atoms. The third-order valence-corrected chi connectivity index (χ3v) is 3.51. The maximum absolute atomic E-state index is 12.2. The van der Waals surface area contributed by atoms with Gasteiger partial charge in [-0.05, 0) is 30.7 Å². The second kappa shape index (κ2) is 7.58. The lowest BCUT2D eigenvalue weighted by Crippen LogP contribution is -2.24. The molecule has 0 aliphatic carbocycles. The lowest BCUT2D eigenvalue weighted by Gasteiger charge is -2.16. The summed E-state index contributed by atoms with van der Waals surface area (Å²) in [6, 6.07) is 5.82. The molecule has 122 valence electrons. The Hall–Kier alpha value is -2.63. The standard InChI is InChI=1S/C17H23N5O/c1-5-22-15(10-11-19-22)7-9-17(23)21(4)13-14-6-8-16(18-12-14)20(2)3/h6-12H,5,13H2,1-4H3/b9-7+. The Labute approximate surface area is 137 Å². The molecule has 0 spiro atoms. The zero-order valence-electron chi connectivity index (χ0n) is 14.1. The van der Waals surface area contributed by atoms with Crippen LogP contribution in [-0.4, -0.2) is 46.7 Å². The molecule has 0 aliphatic heterocycles. The molecule has 0 unspecified atom stereocenters. The Morgan fingerprint density at radius 3 is 2.65 bits per heavy atom. The number of hydrogen-bond acceptors (Lipinski definition) is 4. The Morgan fingerprint density at radius 1 is 1.26 bits per heavy atom. The predicted octanol–water partition coefficient (Wildman–Crippen LogP) is 2.04. The summed E-state index contributed by atoms with van der Waals surface area (Å²) >= 11 is 0. The molecule has 0 bridgehead atoms. The van der Waals surface area contributed by atoms with E-state index in [1.165, 1.54) is 0 Å². The number of amides is 1. The molecule has 0 saturated heterocycles. The second-order valence-electron chi connectivity index (χ2n) is 5.52. The van der Waals surface area contributed by atoms with Crippen LogP contribution in [0.4, 0.5) is 5.82 Å². The maximum atomic E-state index is 12.2. The minimum absolute atomic E-state index is 0.0504. The number of carbonyl (C=O) groups excluding carboxylic acids is 1. The molecule has 0 aromatic carbocycles. The van der Waals surface area contributed by atoms with E-state index in [-0.39, 0.29) is 5.91 Å². The van der Waals surface area contributed by atoms with Crippen LogP contribution in [0.15, 0.2) is 36.7 Å². The molecule has 0 fully saturated rings. The molecule has 2 aromatic rings. The SMILES string of the molecule is CCn1nccc1/C=C/C(=O)N(C)Cc1ccc(N(C)C)nc1. The molecule has 2 rings (SSSR count). The first-order chi connectivity index (χ1) is 11.0. The van der Waals surface area contributed by atoms with E-state index in [4.69, 9.17) is 0 Å². The summed E-state index contributed by atoms with van der Waals surface area (Å²) in [6.45, 7) is 3.32. The summed E-state index contributed by atoms with van der Waals surface area (Å²) in [5, 5.41) is 4.18. The van der Waals surface area contributed by atoms with Gasteiger partial charge in [0.2, 0.25) is 5.91 Å². The van der Waals surface area contributed by atoms with Gasteiger partial charge in [0.25, 0.3) is 0 Å². The normalized spacial score (nSPS) is 11.0. The molecule has 2 aromatic heterocycles. The minimum Gasteiger partial charge on any atom is -0.363 e.